The van der Waals surface area contributed by atoms with Crippen LogP contribution in [0, 0.1) is 5.92 Å². The van der Waals surface area contributed by atoms with Gasteiger partial charge in [-0.1, -0.05) is 31.5 Å². The highest BCUT2D eigenvalue weighted by Crippen LogP contribution is 2.25. The largest absolute Gasteiger partial charge is 0.482 e. The fourth-order valence-corrected chi connectivity index (χ4v) is 1.68. The molecule has 0 unspecified atom stereocenters. The van der Waals surface area contributed by atoms with Crippen LogP contribution in [0.3, 0.4) is 0 Å². The first-order valence-corrected chi connectivity index (χ1v) is 6.27. The average molecular weight is 271 g/mol. The number of hydrogen-bond acceptors (Lipinski definition) is 3. The van der Waals surface area contributed by atoms with Gasteiger partial charge in [0.1, 0.15) is 5.75 Å². The van der Waals surface area contributed by atoms with Crippen LogP contribution in [0.5, 0.6) is 5.75 Å². The SMILES string of the molecule is CC(C)CNCc1ccc(OCC(N)=O)c(Cl)c1. The Hall–Kier alpha value is -1.26. The molecule has 0 heterocycles. The van der Waals surface area contributed by atoms with Crippen molar-refractivity contribution in [1.82, 2.24) is 5.32 Å². The van der Waals surface area contributed by atoms with Crippen LogP contribution in [0.25, 0.3) is 0 Å². The number of amides is 1. The highest BCUT2D eigenvalue weighted by molar-refractivity contribution is 6.32. The first-order chi connectivity index (χ1) is 8.49. The Kier molecular flexibility index (Phi) is 5.95. The highest BCUT2D eigenvalue weighted by Gasteiger charge is 2.05. The topological polar surface area (TPSA) is 64.3 Å². The minimum atomic E-state index is -0.520. The zero-order chi connectivity index (χ0) is 13.5. The van der Waals surface area contributed by atoms with Crippen molar-refractivity contribution in [2.24, 2.45) is 11.7 Å². The highest BCUT2D eigenvalue weighted by atomic mass is 35.5. The van der Waals surface area contributed by atoms with E-state index in [1.165, 1.54) is 0 Å². The van der Waals surface area contributed by atoms with E-state index in [2.05, 4.69) is 19.2 Å². The van der Waals surface area contributed by atoms with Gasteiger partial charge in [0.2, 0.25) is 0 Å². The van der Waals surface area contributed by atoms with Crippen LogP contribution in [-0.2, 0) is 11.3 Å². The van der Waals surface area contributed by atoms with E-state index < -0.39 is 5.91 Å². The summed E-state index contributed by atoms with van der Waals surface area (Å²) in [5.41, 5.74) is 6.07. The quantitative estimate of drug-likeness (QED) is 0.796. The lowest BCUT2D eigenvalue weighted by Gasteiger charge is -2.10. The van der Waals surface area contributed by atoms with E-state index in [4.69, 9.17) is 22.1 Å². The minimum absolute atomic E-state index is 0.162. The molecule has 0 saturated heterocycles. The van der Waals surface area contributed by atoms with Gasteiger partial charge in [-0.25, -0.2) is 0 Å². The molecule has 0 bridgehead atoms. The molecule has 1 amide bonds. The lowest BCUT2D eigenvalue weighted by Crippen LogP contribution is -2.20. The Bertz CT molecular complexity index is 408. The zero-order valence-corrected chi connectivity index (χ0v) is 11.5. The van der Waals surface area contributed by atoms with Gasteiger partial charge in [-0.15, -0.1) is 0 Å². The molecule has 0 aliphatic rings. The van der Waals surface area contributed by atoms with Crippen molar-refractivity contribution < 1.29 is 9.53 Å². The smallest absolute Gasteiger partial charge is 0.255 e. The summed E-state index contributed by atoms with van der Waals surface area (Å²) < 4.78 is 5.17. The van der Waals surface area contributed by atoms with Gasteiger partial charge >= 0.3 is 0 Å². The molecule has 3 N–H and O–H groups in total. The van der Waals surface area contributed by atoms with E-state index in [-0.39, 0.29) is 6.61 Å². The van der Waals surface area contributed by atoms with E-state index in [9.17, 15) is 4.79 Å². The molecule has 0 aromatic heterocycles. The third-order valence-corrected chi connectivity index (χ3v) is 2.54. The van der Waals surface area contributed by atoms with E-state index in [0.29, 0.717) is 16.7 Å². The number of halogens is 1. The van der Waals surface area contributed by atoms with Crippen molar-refractivity contribution in [3.05, 3.63) is 28.8 Å². The molecule has 100 valence electrons. The molecule has 18 heavy (non-hydrogen) atoms. The monoisotopic (exact) mass is 270 g/mol. The van der Waals surface area contributed by atoms with E-state index >= 15 is 0 Å². The van der Waals surface area contributed by atoms with Crippen molar-refractivity contribution in [2.75, 3.05) is 13.2 Å². The third-order valence-electron chi connectivity index (χ3n) is 2.25. The Morgan fingerprint density at radius 1 is 1.50 bits per heavy atom. The zero-order valence-electron chi connectivity index (χ0n) is 10.7. The molecule has 0 aliphatic carbocycles. The number of carbonyl (C=O) groups is 1. The summed E-state index contributed by atoms with van der Waals surface area (Å²) in [6.45, 7) is 5.86. The fourth-order valence-electron chi connectivity index (χ4n) is 1.43. The molecule has 0 spiro atoms. The van der Waals surface area contributed by atoms with E-state index in [1.54, 1.807) is 6.07 Å². The molecule has 1 aromatic rings. The summed E-state index contributed by atoms with van der Waals surface area (Å²) in [5, 5.41) is 3.81. The molecule has 1 aromatic carbocycles. The Morgan fingerprint density at radius 3 is 2.78 bits per heavy atom. The van der Waals surface area contributed by atoms with Gasteiger partial charge in [0.25, 0.3) is 5.91 Å². The normalized spacial score (nSPS) is 10.7. The third kappa shape index (κ3) is 5.38. The Morgan fingerprint density at radius 2 is 2.22 bits per heavy atom. The number of benzene rings is 1. The van der Waals surface area contributed by atoms with E-state index in [1.807, 2.05) is 12.1 Å². The predicted molar refractivity (Wildman–Crippen MR) is 72.7 cm³/mol. The number of ether oxygens (including phenoxy) is 1. The van der Waals surface area contributed by atoms with Gasteiger partial charge in [0, 0.05) is 6.54 Å². The second-order valence-electron chi connectivity index (χ2n) is 4.54. The summed E-state index contributed by atoms with van der Waals surface area (Å²) in [7, 11) is 0. The number of carbonyl (C=O) groups excluding carboxylic acids is 1. The number of hydrogen-bond donors (Lipinski definition) is 2. The van der Waals surface area contributed by atoms with Crippen LogP contribution in [0.1, 0.15) is 19.4 Å². The summed E-state index contributed by atoms with van der Waals surface area (Å²) in [4.78, 5) is 10.6. The van der Waals surface area contributed by atoms with Gasteiger partial charge in [-0.05, 0) is 30.2 Å². The Balaban J connectivity index is 2.53. The van der Waals surface area contributed by atoms with Gasteiger partial charge < -0.3 is 15.8 Å². The molecule has 0 saturated carbocycles. The second kappa shape index (κ2) is 7.24. The summed E-state index contributed by atoms with van der Waals surface area (Å²) >= 11 is 6.05. The molecule has 0 fully saturated rings. The minimum Gasteiger partial charge on any atom is -0.482 e. The van der Waals surface area contributed by atoms with Gasteiger partial charge in [0.15, 0.2) is 6.61 Å². The molecular formula is C13H19ClN2O2. The van der Waals surface area contributed by atoms with Crippen LogP contribution >= 0.6 is 11.6 Å². The van der Waals surface area contributed by atoms with Crippen LogP contribution in [0.15, 0.2) is 18.2 Å². The summed E-state index contributed by atoms with van der Waals surface area (Å²) in [6, 6.07) is 5.48. The lowest BCUT2D eigenvalue weighted by atomic mass is 10.2. The standard InChI is InChI=1S/C13H19ClN2O2/c1-9(2)6-16-7-10-3-4-12(11(14)5-10)18-8-13(15)17/h3-5,9,16H,6-8H2,1-2H3,(H2,15,17). The van der Waals surface area contributed by atoms with Crippen molar-refractivity contribution in [1.29, 1.82) is 0 Å². The summed E-state index contributed by atoms with van der Waals surface area (Å²) in [6.07, 6.45) is 0. The maximum Gasteiger partial charge on any atom is 0.255 e. The maximum absolute atomic E-state index is 10.6. The second-order valence-corrected chi connectivity index (χ2v) is 4.95. The summed E-state index contributed by atoms with van der Waals surface area (Å²) in [5.74, 6) is 0.565. The van der Waals surface area contributed by atoms with Crippen LogP contribution < -0.4 is 15.8 Å². The first kappa shape index (κ1) is 14.8. The number of nitrogens with two attached hydrogens (primary N) is 1. The predicted octanol–water partition coefficient (Wildman–Crippen LogP) is 1.95. The van der Waals surface area contributed by atoms with Crippen molar-refractivity contribution >= 4 is 17.5 Å². The van der Waals surface area contributed by atoms with Crippen molar-refractivity contribution in [3.8, 4) is 5.75 Å². The van der Waals surface area contributed by atoms with Crippen molar-refractivity contribution in [2.45, 2.75) is 20.4 Å². The Labute approximate surface area is 112 Å². The number of primary amides is 1. The van der Waals surface area contributed by atoms with Crippen molar-refractivity contribution in [3.63, 3.8) is 0 Å². The van der Waals surface area contributed by atoms with Gasteiger partial charge in [-0.3, -0.25) is 4.79 Å². The molecule has 0 aliphatic heterocycles. The van der Waals surface area contributed by atoms with Gasteiger partial charge in [-0.2, -0.15) is 0 Å². The number of nitrogens with one attached hydrogen (secondary N) is 1. The molecule has 1 rings (SSSR count). The van der Waals surface area contributed by atoms with Gasteiger partial charge in [0.05, 0.1) is 5.02 Å². The fraction of sp³-hybridized carbons (Fsp3) is 0.462. The molecule has 4 nitrogen and oxygen atoms in total. The molecule has 0 atom stereocenters. The van der Waals surface area contributed by atoms with Crippen LogP contribution in [0.2, 0.25) is 5.02 Å². The first-order valence-electron chi connectivity index (χ1n) is 5.89. The van der Waals surface area contributed by atoms with Crippen LogP contribution in [-0.4, -0.2) is 19.1 Å². The van der Waals surface area contributed by atoms with E-state index in [0.717, 1.165) is 18.7 Å². The average Bonchev–Trinajstić information content (AvgIpc) is 2.27. The van der Waals surface area contributed by atoms with Crippen LogP contribution in [0.4, 0.5) is 0 Å². The maximum atomic E-state index is 10.6. The molecule has 5 heteroatoms. The molecule has 0 radical (unpaired) electrons. The lowest BCUT2D eigenvalue weighted by molar-refractivity contribution is -0.119. The number of rotatable bonds is 7. The molecular weight excluding hydrogens is 252 g/mol.